The molecule has 45 heavy (non-hydrogen) atoms. The molecule has 230 valence electrons. The number of carbonyl (C=O) groups excluding carboxylic acids is 1. The summed E-state index contributed by atoms with van der Waals surface area (Å²) in [4.78, 5) is 22.3. The maximum absolute atomic E-state index is 14.4. The molecule has 0 saturated heterocycles. The molecule has 2 atom stereocenters. The fourth-order valence-electron chi connectivity index (χ4n) is 5.09. The fourth-order valence-corrected chi connectivity index (χ4v) is 5.58. The van der Waals surface area contributed by atoms with Crippen LogP contribution in [0.3, 0.4) is 0 Å². The molecule has 4 aromatic rings. The molecule has 0 bridgehead atoms. The number of carbonyl (C=O) groups is 1. The zero-order valence-corrected chi connectivity index (χ0v) is 25.5. The van der Waals surface area contributed by atoms with E-state index in [1.54, 1.807) is 48.5 Å². The van der Waals surface area contributed by atoms with Crippen LogP contribution in [0.4, 0.5) is 14.5 Å². The van der Waals surface area contributed by atoms with Gasteiger partial charge in [-0.3, -0.25) is 4.79 Å². The predicted octanol–water partition coefficient (Wildman–Crippen LogP) is 7.25. The predicted molar refractivity (Wildman–Crippen MR) is 168 cm³/mol. The topological polar surface area (TPSA) is 129 Å². The molecule has 1 aliphatic heterocycles. The maximum Gasteiger partial charge on any atom is 0.252 e. The number of aliphatic hydroxyl groups is 1. The van der Waals surface area contributed by atoms with Crippen molar-refractivity contribution in [1.29, 1.82) is 0 Å². The van der Waals surface area contributed by atoms with E-state index in [0.717, 1.165) is 18.2 Å². The molecular weight excluding hydrogens is 648 g/mol. The number of ether oxygens (including phenoxy) is 2. The van der Waals surface area contributed by atoms with Crippen LogP contribution in [0.25, 0.3) is 10.4 Å². The third-order valence-electron chi connectivity index (χ3n) is 7.20. The van der Waals surface area contributed by atoms with E-state index in [9.17, 15) is 19.1 Å². The summed E-state index contributed by atoms with van der Waals surface area (Å²) in [5, 5.41) is 15.7. The van der Waals surface area contributed by atoms with E-state index in [-0.39, 0.29) is 31.0 Å². The molecule has 0 aliphatic carbocycles. The summed E-state index contributed by atoms with van der Waals surface area (Å²) in [6, 6.07) is 24.1. The normalized spacial score (nSPS) is 17.2. The second-order valence-corrected chi connectivity index (χ2v) is 11.1. The first-order valence-corrected chi connectivity index (χ1v) is 14.8. The Kier molecular flexibility index (Phi) is 10.1. The van der Waals surface area contributed by atoms with Gasteiger partial charge in [-0.1, -0.05) is 63.5 Å². The van der Waals surface area contributed by atoms with E-state index in [0.29, 0.717) is 45.6 Å². The third-order valence-corrected chi connectivity index (χ3v) is 7.92. The molecule has 0 fully saturated rings. The molecule has 1 heterocycles. The van der Waals surface area contributed by atoms with Crippen LogP contribution in [-0.4, -0.2) is 35.7 Å². The van der Waals surface area contributed by atoms with E-state index in [2.05, 4.69) is 31.3 Å². The van der Waals surface area contributed by atoms with Crippen molar-refractivity contribution in [3.8, 4) is 5.75 Å². The van der Waals surface area contributed by atoms with Gasteiger partial charge in [0.2, 0.25) is 5.90 Å². The van der Waals surface area contributed by atoms with Gasteiger partial charge in [0.25, 0.3) is 5.91 Å². The average Bonchev–Trinajstić information content (AvgIpc) is 3.41. The molecule has 1 aliphatic rings. The van der Waals surface area contributed by atoms with Crippen molar-refractivity contribution in [2.24, 2.45) is 10.1 Å². The third kappa shape index (κ3) is 7.31. The van der Waals surface area contributed by atoms with Gasteiger partial charge < -0.3 is 19.9 Å². The fraction of sp³-hybridized carbons (Fsp3) is 0.212. The molecule has 0 spiro atoms. The quantitative estimate of drug-likeness (QED) is 0.0709. The summed E-state index contributed by atoms with van der Waals surface area (Å²) < 4.78 is 40.7. The van der Waals surface area contributed by atoms with Crippen molar-refractivity contribution in [3.63, 3.8) is 0 Å². The Morgan fingerprint density at radius 2 is 1.78 bits per heavy atom. The first kappa shape index (κ1) is 31.6. The largest absolute Gasteiger partial charge is 0.494 e. The number of aliphatic imine (C=N–C) groups is 1. The summed E-state index contributed by atoms with van der Waals surface area (Å²) in [5.41, 5.74) is 9.86. The van der Waals surface area contributed by atoms with Gasteiger partial charge in [-0.25, -0.2) is 13.8 Å². The SMILES string of the molecule is [N-]=[N+]=Nc1ccccc1C[C@@]1(C(=O)NCc2cc(F)cc(F)c2)N=C(c2ccc(OCCCO)cc2)O[C@@H]1c1ccccc1Br. The van der Waals surface area contributed by atoms with Crippen molar-refractivity contribution in [2.75, 3.05) is 13.2 Å². The lowest BCUT2D eigenvalue weighted by atomic mass is 9.81. The number of aliphatic hydroxyl groups excluding tert-OH is 1. The van der Waals surface area contributed by atoms with Crippen LogP contribution in [-0.2, 0) is 22.5 Å². The van der Waals surface area contributed by atoms with Crippen molar-refractivity contribution < 1.29 is 28.2 Å². The zero-order valence-electron chi connectivity index (χ0n) is 23.9. The van der Waals surface area contributed by atoms with Gasteiger partial charge in [0, 0.05) is 58.3 Å². The molecule has 2 N–H and O–H groups in total. The molecule has 0 aromatic heterocycles. The highest BCUT2D eigenvalue weighted by Gasteiger charge is 2.54. The van der Waals surface area contributed by atoms with Gasteiger partial charge in [0.15, 0.2) is 11.6 Å². The van der Waals surface area contributed by atoms with Crippen molar-refractivity contribution in [3.05, 3.63) is 140 Å². The van der Waals surface area contributed by atoms with E-state index >= 15 is 0 Å². The lowest BCUT2D eigenvalue weighted by molar-refractivity contribution is -0.129. The second-order valence-electron chi connectivity index (χ2n) is 10.3. The highest BCUT2D eigenvalue weighted by molar-refractivity contribution is 9.10. The number of halogens is 3. The standard InChI is InChI=1S/C33H28BrF2N5O4/c34-28-8-3-2-7-27(28)30-33(19-23-6-1-4-9-29(23)40-41-37,32(43)38-20-21-16-24(35)18-25(36)17-21)39-31(45-30)22-10-12-26(13-11-22)44-15-5-14-42/h1-4,6-13,16-18,30,42H,5,14-15,19-20H2,(H,38,43)/t30-,33-/m1/s1. The van der Waals surface area contributed by atoms with Gasteiger partial charge in [-0.05, 0) is 59.1 Å². The number of amides is 1. The van der Waals surface area contributed by atoms with E-state index in [1.165, 1.54) is 0 Å². The van der Waals surface area contributed by atoms with Gasteiger partial charge >= 0.3 is 0 Å². The van der Waals surface area contributed by atoms with E-state index in [1.807, 2.05) is 24.3 Å². The van der Waals surface area contributed by atoms with Crippen LogP contribution >= 0.6 is 15.9 Å². The molecule has 1 amide bonds. The minimum absolute atomic E-state index is 0.0142. The Morgan fingerprint density at radius 3 is 2.49 bits per heavy atom. The van der Waals surface area contributed by atoms with Crippen LogP contribution < -0.4 is 10.1 Å². The lowest BCUT2D eigenvalue weighted by Crippen LogP contribution is -2.49. The number of azide groups is 1. The summed E-state index contributed by atoms with van der Waals surface area (Å²) >= 11 is 3.59. The van der Waals surface area contributed by atoms with Crippen LogP contribution in [0.5, 0.6) is 5.75 Å². The molecule has 4 aromatic carbocycles. The van der Waals surface area contributed by atoms with Gasteiger partial charge in [-0.2, -0.15) is 0 Å². The number of nitrogens with one attached hydrogen (secondary N) is 1. The molecule has 0 unspecified atom stereocenters. The maximum atomic E-state index is 14.4. The monoisotopic (exact) mass is 675 g/mol. The summed E-state index contributed by atoms with van der Waals surface area (Å²) in [7, 11) is 0. The van der Waals surface area contributed by atoms with Gasteiger partial charge in [-0.15, -0.1) is 0 Å². The summed E-state index contributed by atoms with van der Waals surface area (Å²) in [5.74, 6) is -1.33. The minimum atomic E-state index is -1.65. The number of rotatable bonds is 12. The van der Waals surface area contributed by atoms with E-state index in [4.69, 9.17) is 19.6 Å². The van der Waals surface area contributed by atoms with Gasteiger partial charge in [0.1, 0.15) is 17.4 Å². The highest BCUT2D eigenvalue weighted by Crippen LogP contribution is 2.45. The molecule has 0 radical (unpaired) electrons. The molecule has 9 nitrogen and oxygen atoms in total. The number of benzene rings is 4. The molecule has 0 saturated carbocycles. The molecule has 5 rings (SSSR count). The highest BCUT2D eigenvalue weighted by atomic mass is 79.9. The smallest absolute Gasteiger partial charge is 0.252 e. The van der Waals surface area contributed by atoms with Crippen molar-refractivity contribution >= 4 is 33.4 Å². The molecule has 12 heteroatoms. The van der Waals surface area contributed by atoms with Crippen LogP contribution in [0.2, 0.25) is 0 Å². The summed E-state index contributed by atoms with van der Waals surface area (Å²) in [6.45, 7) is 0.182. The Morgan fingerprint density at radius 1 is 1.07 bits per heavy atom. The first-order chi connectivity index (χ1) is 21.8. The number of nitrogens with zero attached hydrogens (tertiary/aromatic N) is 4. The van der Waals surface area contributed by atoms with E-state index < -0.39 is 29.2 Å². The van der Waals surface area contributed by atoms with Crippen LogP contribution in [0, 0.1) is 11.6 Å². The zero-order chi connectivity index (χ0) is 31.8. The van der Waals surface area contributed by atoms with Crippen molar-refractivity contribution in [1.82, 2.24) is 5.32 Å². The van der Waals surface area contributed by atoms with Crippen LogP contribution in [0.1, 0.15) is 34.8 Å². The second kappa shape index (κ2) is 14.3. The van der Waals surface area contributed by atoms with Crippen LogP contribution in [0.15, 0.2) is 106 Å². The Bertz CT molecular complexity index is 1740. The number of hydrogen-bond donors (Lipinski definition) is 2. The Balaban J connectivity index is 1.61. The minimum Gasteiger partial charge on any atom is -0.494 e. The Hall–Kier alpha value is -4.77. The van der Waals surface area contributed by atoms with Gasteiger partial charge in [0.05, 0.1) is 6.61 Å². The average molecular weight is 677 g/mol. The summed E-state index contributed by atoms with van der Waals surface area (Å²) in [6.07, 6.45) is -0.516. The Labute approximate surface area is 266 Å². The lowest BCUT2D eigenvalue weighted by Gasteiger charge is -2.31. The number of hydrogen-bond acceptors (Lipinski definition) is 6. The van der Waals surface area contributed by atoms with Crippen molar-refractivity contribution in [2.45, 2.75) is 31.0 Å². The first-order valence-electron chi connectivity index (χ1n) is 14.0. The molecular formula is C33H28BrF2N5O4.